The molecule has 2 fully saturated rings. The first-order valence-electron chi connectivity index (χ1n) is 11.3. The van der Waals surface area contributed by atoms with Crippen molar-refractivity contribution in [1.29, 1.82) is 0 Å². The largest absolute Gasteiger partial charge is 0.497 e. The highest BCUT2D eigenvalue weighted by Crippen LogP contribution is 2.35. The molecule has 1 saturated carbocycles. The summed E-state index contributed by atoms with van der Waals surface area (Å²) >= 11 is 1.42. The van der Waals surface area contributed by atoms with Gasteiger partial charge in [-0.15, -0.1) is 11.3 Å². The number of nitrogens with two attached hydrogens (primary N) is 1. The van der Waals surface area contributed by atoms with Crippen molar-refractivity contribution in [3.8, 4) is 5.75 Å². The van der Waals surface area contributed by atoms with E-state index in [1.165, 1.54) is 29.7 Å². The molecule has 2 atom stereocenters. The number of methoxy groups -OCH3 is 1. The minimum Gasteiger partial charge on any atom is -0.497 e. The van der Waals surface area contributed by atoms with Crippen molar-refractivity contribution < 1.29 is 14.3 Å². The molecule has 2 aliphatic rings. The Labute approximate surface area is 193 Å². The second-order valence-corrected chi connectivity index (χ2v) is 9.45. The van der Waals surface area contributed by atoms with Gasteiger partial charge in [-0.05, 0) is 54.8 Å². The number of benzene rings is 1. The van der Waals surface area contributed by atoms with Crippen LogP contribution in [0.4, 0.5) is 0 Å². The number of carbonyl (C=O) groups excluding carboxylic acids is 2. The van der Waals surface area contributed by atoms with Crippen molar-refractivity contribution in [2.45, 2.75) is 50.4 Å². The maximum atomic E-state index is 13.1. The molecule has 1 unspecified atom stereocenters. The van der Waals surface area contributed by atoms with Crippen molar-refractivity contribution in [3.63, 3.8) is 0 Å². The third kappa shape index (κ3) is 5.31. The van der Waals surface area contributed by atoms with Gasteiger partial charge in [0.25, 0.3) is 5.91 Å². The van der Waals surface area contributed by atoms with Crippen LogP contribution in [-0.4, -0.2) is 66.5 Å². The quantitative estimate of drug-likeness (QED) is 0.605. The van der Waals surface area contributed by atoms with Gasteiger partial charge in [0.05, 0.1) is 12.0 Å². The molecule has 0 bridgehead atoms. The second-order valence-electron chi connectivity index (χ2n) is 8.50. The van der Waals surface area contributed by atoms with Gasteiger partial charge in [-0.25, -0.2) is 0 Å². The number of rotatable bonds is 9. The van der Waals surface area contributed by atoms with E-state index in [9.17, 15) is 9.59 Å². The minimum absolute atomic E-state index is 0.0560. The molecule has 2 aromatic rings. The predicted octanol–water partition coefficient (Wildman–Crippen LogP) is 2.47. The number of nitrogens with zero attached hydrogens (tertiary/aromatic N) is 2. The Bertz CT molecular complexity index is 898. The van der Waals surface area contributed by atoms with Crippen molar-refractivity contribution in [2.75, 3.05) is 26.7 Å². The normalized spacial score (nSPS) is 20.9. The molecular formula is C24H32N4O3S. The minimum atomic E-state index is -0.480. The first-order chi connectivity index (χ1) is 15.6. The lowest BCUT2D eigenvalue weighted by molar-refractivity contribution is -0.127. The van der Waals surface area contributed by atoms with Gasteiger partial charge in [0.2, 0.25) is 5.91 Å². The number of ether oxygens (including phenoxy) is 1. The van der Waals surface area contributed by atoms with Crippen LogP contribution >= 0.6 is 11.3 Å². The van der Waals surface area contributed by atoms with Crippen LogP contribution in [0, 0.1) is 0 Å². The topological polar surface area (TPSA) is 87.9 Å². The molecule has 8 heteroatoms. The van der Waals surface area contributed by atoms with Crippen LogP contribution in [0.25, 0.3) is 0 Å². The average molecular weight is 457 g/mol. The number of likely N-dealkylation sites (tertiary alicyclic amines) is 1. The summed E-state index contributed by atoms with van der Waals surface area (Å²) in [6.45, 7) is 2.22. The standard InChI is InChI=1S/C24H32N4O3S/c1-31-20-8-4-17(5-9-20)16-28(18-6-7-18)19-10-13-27(24(30)22-3-2-14-32-22)21(15-19)23(29)26-12-11-25/h2-5,8-9,14,18-19,21H,6-7,10-13,15-16,25H2,1H3,(H,26,29)/t19?,21-/m1/s1. The zero-order chi connectivity index (χ0) is 22.5. The van der Waals surface area contributed by atoms with Gasteiger partial charge in [0.15, 0.2) is 0 Å². The molecule has 1 aromatic heterocycles. The summed E-state index contributed by atoms with van der Waals surface area (Å²) in [5, 5.41) is 4.81. The first-order valence-corrected chi connectivity index (χ1v) is 12.2. The Morgan fingerprint density at radius 1 is 1.19 bits per heavy atom. The van der Waals surface area contributed by atoms with E-state index in [1.54, 1.807) is 12.0 Å². The first kappa shape index (κ1) is 22.8. The van der Waals surface area contributed by atoms with Gasteiger partial charge >= 0.3 is 0 Å². The van der Waals surface area contributed by atoms with Gasteiger partial charge in [0.1, 0.15) is 11.8 Å². The molecule has 2 amide bonds. The highest BCUT2D eigenvalue weighted by Gasteiger charge is 2.42. The third-order valence-electron chi connectivity index (χ3n) is 6.32. The number of thiophene rings is 1. The van der Waals surface area contributed by atoms with E-state index in [0.717, 1.165) is 18.7 Å². The van der Waals surface area contributed by atoms with E-state index in [4.69, 9.17) is 10.5 Å². The Balaban J connectivity index is 1.51. The summed E-state index contributed by atoms with van der Waals surface area (Å²) in [5.74, 6) is 0.688. The lowest BCUT2D eigenvalue weighted by Gasteiger charge is -2.43. The molecule has 32 heavy (non-hydrogen) atoms. The van der Waals surface area contributed by atoms with Crippen LogP contribution in [-0.2, 0) is 11.3 Å². The third-order valence-corrected chi connectivity index (χ3v) is 7.18. The van der Waals surface area contributed by atoms with Gasteiger partial charge in [0, 0.05) is 38.3 Å². The molecule has 7 nitrogen and oxygen atoms in total. The molecule has 1 saturated heterocycles. The Morgan fingerprint density at radius 3 is 2.59 bits per heavy atom. The summed E-state index contributed by atoms with van der Waals surface area (Å²) in [7, 11) is 1.67. The van der Waals surface area contributed by atoms with Crippen LogP contribution in [0.2, 0.25) is 0 Å². The van der Waals surface area contributed by atoms with Gasteiger partial charge < -0.3 is 20.7 Å². The fraction of sp³-hybridized carbons (Fsp3) is 0.500. The Kier molecular flexibility index (Phi) is 7.44. The molecule has 0 spiro atoms. The van der Waals surface area contributed by atoms with E-state index >= 15 is 0 Å². The SMILES string of the molecule is COc1ccc(CN(C2CC2)C2CCN(C(=O)c3cccs3)[C@@H](C(=O)NCCN)C2)cc1. The molecular weight excluding hydrogens is 424 g/mol. The molecule has 3 N–H and O–H groups in total. The molecule has 0 radical (unpaired) electrons. The van der Waals surface area contributed by atoms with Gasteiger partial charge in [-0.2, -0.15) is 0 Å². The van der Waals surface area contributed by atoms with Crippen LogP contribution in [0.3, 0.4) is 0 Å². The lowest BCUT2D eigenvalue weighted by Crippen LogP contribution is -2.57. The monoisotopic (exact) mass is 456 g/mol. The molecule has 1 aliphatic carbocycles. The molecule has 2 heterocycles. The van der Waals surface area contributed by atoms with Crippen molar-refractivity contribution in [1.82, 2.24) is 15.1 Å². The zero-order valence-corrected chi connectivity index (χ0v) is 19.4. The van der Waals surface area contributed by atoms with Crippen LogP contribution in [0.15, 0.2) is 41.8 Å². The Morgan fingerprint density at radius 2 is 1.97 bits per heavy atom. The molecule has 4 rings (SSSR count). The number of hydrogen-bond donors (Lipinski definition) is 2. The summed E-state index contributed by atoms with van der Waals surface area (Å²) in [6, 6.07) is 12.2. The van der Waals surface area contributed by atoms with Crippen molar-refractivity contribution >= 4 is 23.2 Å². The number of hydrogen-bond acceptors (Lipinski definition) is 6. The fourth-order valence-electron chi connectivity index (χ4n) is 4.50. The van der Waals surface area contributed by atoms with E-state index in [2.05, 4.69) is 22.3 Å². The fourth-order valence-corrected chi connectivity index (χ4v) is 5.18. The van der Waals surface area contributed by atoms with Gasteiger partial charge in [-0.3, -0.25) is 14.5 Å². The number of amides is 2. The summed E-state index contributed by atoms with van der Waals surface area (Å²) in [5.41, 5.74) is 6.83. The maximum Gasteiger partial charge on any atom is 0.264 e. The van der Waals surface area contributed by atoms with Crippen LogP contribution in [0.1, 0.15) is 40.9 Å². The zero-order valence-electron chi connectivity index (χ0n) is 18.5. The summed E-state index contributed by atoms with van der Waals surface area (Å²) in [6.07, 6.45) is 3.88. The van der Waals surface area contributed by atoms with E-state index < -0.39 is 6.04 Å². The number of carbonyl (C=O) groups is 2. The smallest absolute Gasteiger partial charge is 0.264 e. The van der Waals surface area contributed by atoms with Crippen LogP contribution < -0.4 is 15.8 Å². The van der Waals surface area contributed by atoms with Crippen molar-refractivity contribution in [2.24, 2.45) is 5.73 Å². The van der Waals surface area contributed by atoms with Crippen LogP contribution in [0.5, 0.6) is 5.75 Å². The van der Waals surface area contributed by atoms with E-state index in [-0.39, 0.29) is 17.9 Å². The average Bonchev–Trinajstić information content (AvgIpc) is 3.52. The highest BCUT2D eigenvalue weighted by molar-refractivity contribution is 7.12. The van der Waals surface area contributed by atoms with Gasteiger partial charge in [-0.1, -0.05) is 18.2 Å². The summed E-state index contributed by atoms with van der Waals surface area (Å²) < 4.78 is 5.28. The molecule has 1 aromatic carbocycles. The number of piperidine rings is 1. The number of nitrogens with one attached hydrogen (secondary N) is 1. The van der Waals surface area contributed by atoms with E-state index in [0.29, 0.717) is 37.0 Å². The summed E-state index contributed by atoms with van der Waals surface area (Å²) in [4.78, 5) is 31.1. The second kappa shape index (κ2) is 10.5. The molecule has 1 aliphatic heterocycles. The highest BCUT2D eigenvalue weighted by atomic mass is 32.1. The maximum absolute atomic E-state index is 13.1. The lowest BCUT2D eigenvalue weighted by atomic mass is 9.94. The van der Waals surface area contributed by atoms with E-state index in [1.807, 2.05) is 29.6 Å². The molecule has 172 valence electrons. The predicted molar refractivity (Wildman–Crippen MR) is 126 cm³/mol. The Hall–Kier alpha value is -2.42. The van der Waals surface area contributed by atoms with Crippen molar-refractivity contribution in [3.05, 3.63) is 52.2 Å².